The largest absolute Gasteiger partial charge is 0.290 e. The minimum Gasteiger partial charge on any atom is -0.290 e. The second-order valence-electron chi connectivity index (χ2n) is 1.72. The molecule has 58 valence electrons. The number of hydroxylamine groups is 1. The molecular formula is C6H6BrN3O. The predicted octanol–water partition coefficient (Wildman–Crippen LogP) is 1.48. The molecule has 0 aliphatic rings. The number of halogens is 1. The van der Waals surface area contributed by atoms with Crippen LogP contribution in [0.4, 0.5) is 5.82 Å². The molecule has 0 amide bonds. The van der Waals surface area contributed by atoms with E-state index < -0.39 is 0 Å². The van der Waals surface area contributed by atoms with Crippen molar-refractivity contribution in [3.63, 3.8) is 0 Å². The lowest BCUT2D eigenvalue weighted by Gasteiger charge is -1.91. The minimum atomic E-state index is 0.537. The van der Waals surface area contributed by atoms with Gasteiger partial charge in [-0.25, -0.2) is 9.98 Å². The summed E-state index contributed by atoms with van der Waals surface area (Å²) in [6.07, 6.45) is 2.78. The molecule has 1 heterocycles. The Hall–Kier alpha value is -0.940. The van der Waals surface area contributed by atoms with Crippen LogP contribution in [0.5, 0.6) is 0 Å². The number of hydrogen-bond acceptors (Lipinski definition) is 3. The summed E-state index contributed by atoms with van der Waals surface area (Å²) >= 11 is 3.23. The zero-order valence-corrected chi connectivity index (χ0v) is 7.12. The molecule has 0 fully saturated rings. The van der Waals surface area contributed by atoms with Gasteiger partial charge in [0, 0.05) is 10.7 Å². The van der Waals surface area contributed by atoms with Gasteiger partial charge in [0.15, 0.2) is 5.82 Å². The topological polar surface area (TPSA) is 57.5 Å². The van der Waals surface area contributed by atoms with E-state index in [1.54, 1.807) is 17.7 Å². The van der Waals surface area contributed by atoms with Crippen molar-refractivity contribution in [3.05, 3.63) is 22.8 Å². The first-order valence-corrected chi connectivity index (χ1v) is 3.66. The summed E-state index contributed by atoms with van der Waals surface area (Å²) < 4.78 is 0.897. The van der Waals surface area contributed by atoms with E-state index in [0.717, 1.165) is 10.8 Å². The molecule has 1 aromatic heterocycles. The smallest absolute Gasteiger partial charge is 0.153 e. The molecule has 0 aromatic carbocycles. The van der Waals surface area contributed by atoms with Crippen LogP contribution in [0, 0.1) is 0 Å². The van der Waals surface area contributed by atoms with Crippen LogP contribution >= 0.6 is 15.9 Å². The SMILES string of the molecule is ONC=Nc1ccc(Br)cn1. The Labute approximate surface area is 72.1 Å². The van der Waals surface area contributed by atoms with Gasteiger partial charge in [-0.05, 0) is 28.1 Å². The third kappa shape index (κ3) is 2.65. The molecule has 1 rings (SSSR count). The molecule has 1 aromatic rings. The molecule has 5 heteroatoms. The second-order valence-corrected chi connectivity index (χ2v) is 2.64. The van der Waals surface area contributed by atoms with Gasteiger partial charge in [-0.3, -0.25) is 10.7 Å². The van der Waals surface area contributed by atoms with E-state index in [1.165, 1.54) is 0 Å². The van der Waals surface area contributed by atoms with E-state index in [-0.39, 0.29) is 0 Å². The summed E-state index contributed by atoms with van der Waals surface area (Å²) in [6.45, 7) is 0. The zero-order valence-electron chi connectivity index (χ0n) is 5.53. The third-order valence-electron chi connectivity index (χ3n) is 0.966. The molecule has 0 saturated carbocycles. The number of pyridine rings is 1. The summed E-state index contributed by atoms with van der Waals surface area (Å²) in [5.41, 5.74) is 1.79. The number of nitrogens with zero attached hydrogens (tertiary/aromatic N) is 2. The Morgan fingerprint density at radius 3 is 3.00 bits per heavy atom. The van der Waals surface area contributed by atoms with Gasteiger partial charge in [0.1, 0.15) is 6.34 Å². The van der Waals surface area contributed by atoms with Crippen LogP contribution in [0.2, 0.25) is 0 Å². The first-order chi connectivity index (χ1) is 5.33. The Balaban J connectivity index is 2.73. The third-order valence-corrected chi connectivity index (χ3v) is 1.44. The van der Waals surface area contributed by atoms with Gasteiger partial charge in [-0.15, -0.1) is 0 Å². The Bertz CT molecular complexity index is 247. The van der Waals surface area contributed by atoms with Crippen molar-refractivity contribution < 1.29 is 5.21 Å². The minimum absolute atomic E-state index is 0.537. The lowest BCUT2D eigenvalue weighted by molar-refractivity contribution is 0.240. The number of aliphatic imine (C=N–C) groups is 1. The maximum Gasteiger partial charge on any atom is 0.153 e. The fourth-order valence-corrected chi connectivity index (χ4v) is 0.774. The van der Waals surface area contributed by atoms with Gasteiger partial charge in [0.25, 0.3) is 0 Å². The Kier molecular flexibility index (Phi) is 3.00. The van der Waals surface area contributed by atoms with Crippen LogP contribution in [0.3, 0.4) is 0 Å². The van der Waals surface area contributed by atoms with E-state index >= 15 is 0 Å². The summed E-state index contributed by atoms with van der Waals surface area (Å²) in [4.78, 5) is 7.67. The van der Waals surface area contributed by atoms with Crippen molar-refractivity contribution in [1.29, 1.82) is 0 Å². The molecule has 0 spiro atoms. The number of rotatable bonds is 2. The maximum absolute atomic E-state index is 8.15. The number of hydrogen-bond donors (Lipinski definition) is 2. The molecule has 2 N–H and O–H groups in total. The van der Waals surface area contributed by atoms with Crippen molar-refractivity contribution >= 4 is 28.1 Å². The van der Waals surface area contributed by atoms with Crippen molar-refractivity contribution in [1.82, 2.24) is 10.5 Å². The normalized spacial score (nSPS) is 10.4. The van der Waals surface area contributed by atoms with E-state index in [2.05, 4.69) is 25.9 Å². The highest BCUT2D eigenvalue weighted by Crippen LogP contribution is 2.11. The monoisotopic (exact) mass is 215 g/mol. The van der Waals surface area contributed by atoms with Gasteiger partial charge in [0.2, 0.25) is 0 Å². The highest BCUT2D eigenvalue weighted by molar-refractivity contribution is 9.10. The van der Waals surface area contributed by atoms with E-state index in [1.807, 2.05) is 6.07 Å². The van der Waals surface area contributed by atoms with E-state index in [4.69, 9.17) is 5.21 Å². The van der Waals surface area contributed by atoms with Crippen LogP contribution in [0.25, 0.3) is 0 Å². The molecule has 0 atom stereocenters. The lowest BCUT2D eigenvalue weighted by atomic mass is 10.5. The van der Waals surface area contributed by atoms with Crippen molar-refractivity contribution in [2.75, 3.05) is 0 Å². The number of nitrogens with one attached hydrogen (secondary N) is 1. The molecule has 4 nitrogen and oxygen atoms in total. The Morgan fingerprint density at radius 2 is 2.45 bits per heavy atom. The predicted molar refractivity (Wildman–Crippen MR) is 45.0 cm³/mol. The summed E-state index contributed by atoms with van der Waals surface area (Å²) in [5, 5.41) is 8.15. The standard InChI is InChI=1S/C6H6BrN3O/c7-5-1-2-6(8-3-5)9-4-10-11/h1-4,11H,(H,8,9,10). The average molecular weight is 216 g/mol. The molecule has 11 heavy (non-hydrogen) atoms. The first-order valence-electron chi connectivity index (χ1n) is 2.86. The van der Waals surface area contributed by atoms with Gasteiger partial charge < -0.3 is 0 Å². The van der Waals surface area contributed by atoms with Crippen LogP contribution in [-0.2, 0) is 0 Å². The highest BCUT2D eigenvalue weighted by atomic mass is 79.9. The van der Waals surface area contributed by atoms with Gasteiger partial charge >= 0.3 is 0 Å². The Morgan fingerprint density at radius 1 is 1.64 bits per heavy atom. The molecule has 0 bridgehead atoms. The summed E-state index contributed by atoms with van der Waals surface area (Å²) in [6, 6.07) is 3.54. The van der Waals surface area contributed by atoms with Crippen LogP contribution < -0.4 is 5.48 Å². The molecule has 0 radical (unpaired) electrons. The fourth-order valence-electron chi connectivity index (χ4n) is 0.539. The van der Waals surface area contributed by atoms with Crippen LogP contribution in [0.15, 0.2) is 27.8 Å². The van der Waals surface area contributed by atoms with Gasteiger partial charge in [-0.1, -0.05) is 0 Å². The summed E-state index contributed by atoms with van der Waals surface area (Å²) in [5.74, 6) is 0.537. The van der Waals surface area contributed by atoms with Crippen molar-refractivity contribution in [3.8, 4) is 0 Å². The maximum atomic E-state index is 8.15. The molecule has 0 saturated heterocycles. The summed E-state index contributed by atoms with van der Waals surface area (Å²) in [7, 11) is 0. The average Bonchev–Trinajstić information content (AvgIpc) is 2.04. The van der Waals surface area contributed by atoms with E-state index in [9.17, 15) is 0 Å². The zero-order chi connectivity index (χ0) is 8.10. The van der Waals surface area contributed by atoms with Gasteiger partial charge in [0.05, 0.1) is 0 Å². The quantitative estimate of drug-likeness (QED) is 0.447. The molecule has 0 aliphatic heterocycles. The lowest BCUT2D eigenvalue weighted by Crippen LogP contribution is -2.00. The van der Waals surface area contributed by atoms with Gasteiger partial charge in [-0.2, -0.15) is 0 Å². The molecule has 0 aliphatic carbocycles. The van der Waals surface area contributed by atoms with E-state index in [0.29, 0.717) is 5.82 Å². The van der Waals surface area contributed by atoms with Crippen molar-refractivity contribution in [2.24, 2.45) is 4.99 Å². The number of aromatic nitrogens is 1. The van der Waals surface area contributed by atoms with Crippen LogP contribution in [-0.4, -0.2) is 16.5 Å². The van der Waals surface area contributed by atoms with Crippen LogP contribution in [0.1, 0.15) is 0 Å². The second kappa shape index (κ2) is 4.05. The highest BCUT2D eigenvalue weighted by Gasteiger charge is 1.87. The first kappa shape index (κ1) is 8.16. The van der Waals surface area contributed by atoms with Crippen molar-refractivity contribution in [2.45, 2.75) is 0 Å². The molecule has 0 unspecified atom stereocenters. The molecular weight excluding hydrogens is 210 g/mol. The fraction of sp³-hybridized carbons (Fsp3) is 0.